The van der Waals surface area contributed by atoms with Crippen molar-refractivity contribution in [3.63, 3.8) is 0 Å². The number of benzene rings is 10. The second-order valence-corrected chi connectivity index (χ2v) is 17.6. The molecule has 0 aliphatic heterocycles. The van der Waals surface area contributed by atoms with Crippen molar-refractivity contribution in [3.05, 3.63) is 243 Å². The first kappa shape index (κ1) is 38.8. The molecule has 0 unspecified atom stereocenters. The molecule has 0 radical (unpaired) electrons. The molecule has 0 spiro atoms. The van der Waals surface area contributed by atoms with Crippen LogP contribution in [0.3, 0.4) is 0 Å². The molecule has 6 nitrogen and oxygen atoms in total. The molecule has 0 bridgehead atoms. The third kappa shape index (κ3) is 6.16. The first-order valence-electron chi connectivity index (χ1n) is 23.4. The van der Waals surface area contributed by atoms with Crippen molar-refractivity contribution in [2.45, 2.75) is 0 Å². The minimum Gasteiger partial charge on any atom is -0.309 e. The summed E-state index contributed by atoms with van der Waals surface area (Å²) in [6.45, 7) is 0. The monoisotopic (exact) mass is 880 g/mol. The smallest absolute Gasteiger partial charge is 0.238 e. The number of para-hydroxylation sites is 4. The summed E-state index contributed by atoms with van der Waals surface area (Å²) in [5.74, 6) is 1.73. The lowest BCUT2D eigenvalue weighted by molar-refractivity contribution is 0.950. The zero-order valence-corrected chi connectivity index (χ0v) is 37.3. The van der Waals surface area contributed by atoms with E-state index in [9.17, 15) is 0 Å². The van der Waals surface area contributed by atoms with Crippen LogP contribution in [-0.4, -0.2) is 28.7 Å². The summed E-state index contributed by atoms with van der Waals surface area (Å²) in [5.41, 5.74) is 15.0. The van der Waals surface area contributed by atoms with Gasteiger partial charge in [0.25, 0.3) is 0 Å². The highest BCUT2D eigenvalue weighted by atomic mass is 15.2. The van der Waals surface area contributed by atoms with Gasteiger partial charge in [0, 0.05) is 49.1 Å². The van der Waals surface area contributed by atoms with Crippen molar-refractivity contribution in [2.75, 3.05) is 0 Å². The molecular weight excluding hydrogens is 841 g/mol. The van der Waals surface area contributed by atoms with Crippen LogP contribution in [0.2, 0.25) is 0 Å². The molecule has 0 aliphatic rings. The van der Waals surface area contributed by atoms with Crippen molar-refractivity contribution >= 4 is 65.4 Å². The van der Waals surface area contributed by atoms with Crippen LogP contribution in [0.25, 0.3) is 128 Å². The SMILES string of the molecule is c1ccc(-c2ccc(-c3nc(-c4ccccc4)nc(-n4c5ccccc5c5c4c(-n4c6ccccc6c6ccccc64)cc4c6ccccc6n(-c6cccc(-c7ccccc7)c6)c45)n3)cc2)cc1. The van der Waals surface area contributed by atoms with Crippen LogP contribution in [-0.2, 0) is 0 Å². The molecule has 14 aromatic rings. The Labute approximate surface area is 397 Å². The van der Waals surface area contributed by atoms with Gasteiger partial charge >= 0.3 is 0 Å². The topological polar surface area (TPSA) is 53.5 Å². The summed E-state index contributed by atoms with van der Waals surface area (Å²) >= 11 is 0. The van der Waals surface area contributed by atoms with Gasteiger partial charge in [-0.25, -0.2) is 4.98 Å². The Morgan fingerprint density at radius 3 is 1.28 bits per heavy atom. The van der Waals surface area contributed by atoms with Crippen molar-refractivity contribution in [1.29, 1.82) is 0 Å². The fourth-order valence-corrected chi connectivity index (χ4v) is 10.6. The van der Waals surface area contributed by atoms with Gasteiger partial charge in [-0.2, -0.15) is 9.97 Å². The highest BCUT2D eigenvalue weighted by Gasteiger charge is 2.27. The third-order valence-electron chi connectivity index (χ3n) is 13.7. The maximum atomic E-state index is 5.49. The standard InChI is InChI=1S/C63H40N6/c1-4-19-41(20-5-1)43-35-37-45(38-36-43)62-64-61(44-23-8-3-9-24-44)65-63(66-62)69-56-34-17-13-30-51(56)58-59-52(40-57(60(58)69)68-54-32-15-10-27-48(54)49-28-11-16-33-55(49)68)50-29-12-14-31-53(50)67(59)47-26-18-25-46(39-47)42-21-6-2-7-22-42/h1-40H. The van der Waals surface area contributed by atoms with Crippen LogP contribution in [0.5, 0.6) is 0 Å². The minimum absolute atomic E-state index is 0.535. The Bertz CT molecular complexity index is 4230. The molecule has 10 aromatic carbocycles. The van der Waals surface area contributed by atoms with E-state index in [1.54, 1.807) is 0 Å². The fraction of sp³-hybridized carbons (Fsp3) is 0. The van der Waals surface area contributed by atoms with E-state index >= 15 is 0 Å². The van der Waals surface area contributed by atoms with Crippen LogP contribution < -0.4 is 0 Å². The molecule has 0 aliphatic carbocycles. The second-order valence-electron chi connectivity index (χ2n) is 17.6. The van der Waals surface area contributed by atoms with E-state index in [0.29, 0.717) is 17.6 Å². The lowest BCUT2D eigenvalue weighted by atomic mass is 10.0. The van der Waals surface area contributed by atoms with E-state index < -0.39 is 0 Å². The largest absolute Gasteiger partial charge is 0.309 e. The lowest BCUT2D eigenvalue weighted by Crippen LogP contribution is -2.08. The zero-order valence-electron chi connectivity index (χ0n) is 37.3. The Morgan fingerprint density at radius 2 is 0.681 bits per heavy atom. The number of nitrogens with zero attached hydrogens (tertiary/aromatic N) is 6. The van der Waals surface area contributed by atoms with Gasteiger partial charge in [0.15, 0.2) is 11.6 Å². The Balaban J connectivity index is 1.15. The molecule has 0 amide bonds. The summed E-state index contributed by atoms with van der Waals surface area (Å²) in [5, 5.41) is 6.92. The first-order valence-corrected chi connectivity index (χ1v) is 23.4. The minimum atomic E-state index is 0.535. The normalized spacial score (nSPS) is 11.8. The molecular formula is C63H40N6. The van der Waals surface area contributed by atoms with Gasteiger partial charge in [0.2, 0.25) is 5.95 Å². The first-order chi connectivity index (χ1) is 34.2. The zero-order chi connectivity index (χ0) is 45.4. The van der Waals surface area contributed by atoms with Crippen LogP contribution in [0, 0.1) is 0 Å². The maximum absolute atomic E-state index is 5.49. The summed E-state index contributed by atoms with van der Waals surface area (Å²) < 4.78 is 7.21. The molecule has 4 aromatic heterocycles. The van der Waals surface area contributed by atoms with Crippen LogP contribution in [0.1, 0.15) is 0 Å². The van der Waals surface area contributed by atoms with E-state index in [1.807, 2.05) is 24.3 Å². The number of hydrogen-bond acceptors (Lipinski definition) is 3. The van der Waals surface area contributed by atoms with Crippen LogP contribution >= 0.6 is 0 Å². The number of aromatic nitrogens is 6. The molecule has 0 N–H and O–H groups in total. The van der Waals surface area contributed by atoms with Gasteiger partial charge < -0.3 is 9.13 Å². The molecule has 6 heteroatoms. The van der Waals surface area contributed by atoms with Crippen LogP contribution in [0.4, 0.5) is 0 Å². The van der Waals surface area contributed by atoms with E-state index in [2.05, 4.69) is 232 Å². The Hall–Kier alpha value is -9.39. The third-order valence-corrected chi connectivity index (χ3v) is 13.7. The Kier molecular flexibility index (Phi) is 8.79. The molecule has 0 saturated carbocycles. The van der Waals surface area contributed by atoms with Crippen molar-refractivity contribution in [1.82, 2.24) is 28.7 Å². The summed E-state index contributed by atoms with van der Waals surface area (Å²) in [7, 11) is 0. The molecule has 322 valence electrons. The van der Waals surface area contributed by atoms with Gasteiger partial charge in [-0.3, -0.25) is 4.57 Å². The van der Waals surface area contributed by atoms with Gasteiger partial charge in [-0.1, -0.05) is 200 Å². The predicted octanol–water partition coefficient (Wildman–Crippen LogP) is 15.8. The van der Waals surface area contributed by atoms with E-state index in [-0.39, 0.29) is 0 Å². The molecule has 4 heterocycles. The average Bonchev–Trinajstić information content (AvgIpc) is 4.07. The number of fused-ring (bicyclic) bond motifs is 10. The second kappa shape index (κ2) is 15.6. The van der Waals surface area contributed by atoms with Gasteiger partial charge in [-0.05, 0) is 64.7 Å². The average molecular weight is 881 g/mol. The van der Waals surface area contributed by atoms with Crippen molar-refractivity contribution < 1.29 is 0 Å². The highest BCUT2D eigenvalue weighted by Crippen LogP contribution is 2.46. The quantitative estimate of drug-likeness (QED) is 0.160. The Morgan fingerprint density at radius 1 is 0.261 bits per heavy atom. The van der Waals surface area contributed by atoms with Crippen LogP contribution in [0.15, 0.2) is 243 Å². The molecule has 0 saturated heterocycles. The highest BCUT2D eigenvalue weighted by molar-refractivity contribution is 6.28. The molecule has 69 heavy (non-hydrogen) atoms. The molecule has 14 rings (SSSR count). The van der Waals surface area contributed by atoms with E-state index in [0.717, 1.165) is 88.5 Å². The van der Waals surface area contributed by atoms with Gasteiger partial charge in [0.1, 0.15) is 0 Å². The van der Waals surface area contributed by atoms with Crippen molar-refractivity contribution in [3.8, 4) is 62.4 Å². The summed E-state index contributed by atoms with van der Waals surface area (Å²) in [4.78, 5) is 16.2. The van der Waals surface area contributed by atoms with Gasteiger partial charge in [0.05, 0.1) is 38.8 Å². The summed E-state index contributed by atoms with van der Waals surface area (Å²) in [6.07, 6.45) is 0. The molecule has 0 atom stereocenters. The fourth-order valence-electron chi connectivity index (χ4n) is 10.6. The molecule has 0 fully saturated rings. The predicted molar refractivity (Wildman–Crippen MR) is 285 cm³/mol. The maximum Gasteiger partial charge on any atom is 0.238 e. The number of rotatable bonds is 7. The summed E-state index contributed by atoms with van der Waals surface area (Å²) in [6, 6.07) is 86.3. The number of hydrogen-bond donors (Lipinski definition) is 0. The van der Waals surface area contributed by atoms with E-state index in [4.69, 9.17) is 15.0 Å². The van der Waals surface area contributed by atoms with Gasteiger partial charge in [-0.15, -0.1) is 0 Å². The van der Waals surface area contributed by atoms with Crippen molar-refractivity contribution in [2.24, 2.45) is 0 Å². The van der Waals surface area contributed by atoms with E-state index in [1.165, 1.54) is 21.7 Å². The lowest BCUT2D eigenvalue weighted by Gasteiger charge is -2.16.